The highest BCUT2D eigenvalue weighted by Gasteiger charge is 2.22. The van der Waals surface area contributed by atoms with Crippen molar-refractivity contribution in [2.45, 2.75) is 19.8 Å². The Morgan fingerprint density at radius 2 is 2.12 bits per heavy atom. The van der Waals surface area contributed by atoms with E-state index in [2.05, 4.69) is 31.3 Å². The molecule has 7 heteroatoms. The lowest BCUT2D eigenvalue weighted by atomic mass is 10.2. The minimum absolute atomic E-state index is 0.166. The number of aromatic nitrogens is 3. The molecule has 6 nitrogen and oxygen atoms in total. The third-order valence-electron chi connectivity index (χ3n) is 4.64. The Kier molecular flexibility index (Phi) is 4.79. The van der Waals surface area contributed by atoms with Crippen molar-refractivity contribution >= 4 is 33.3 Å². The first-order valence-electron chi connectivity index (χ1n) is 8.84. The van der Waals surface area contributed by atoms with Gasteiger partial charge in [0.1, 0.15) is 16.5 Å². The van der Waals surface area contributed by atoms with Gasteiger partial charge in [-0.15, -0.1) is 11.3 Å². The van der Waals surface area contributed by atoms with Crippen molar-refractivity contribution in [2.75, 3.05) is 31.1 Å². The van der Waals surface area contributed by atoms with Crippen LogP contribution in [0.15, 0.2) is 36.0 Å². The molecule has 0 aromatic carbocycles. The number of anilines is 1. The third-order valence-corrected chi connectivity index (χ3v) is 5.45. The average Bonchev–Trinajstić information content (AvgIpc) is 2.97. The molecule has 0 saturated carbocycles. The Balaban J connectivity index is 1.48. The van der Waals surface area contributed by atoms with Crippen LogP contribution in [0.1, 0.15) is 17.8 Å². The van der Waals surface area contributed by atoms with E-state index in [1.807, 2.05) is 24.0 Å². The highest BCUT2D eigenvalue weighted by atomic mass is 32.1. The van der Waals surface area contributed by atoms with Crippen molar-refractivity contribution in [3.63, 3.8) is 0 Å². The van der Waals surface area contributed by atoms with Crippen molar-refractivity contribution in [1.82, 2.24) is 19.9 Å². The number of amides is 1. The van der Waals surface area contributed by atoms with E-state index in [0.717, 1.165) is 53.5 Å². The number of aryl methyl sites for hydroxylation is 1. The largest absolute Gasteiger partial charge is 0.354 e. The van der Waals surface area contributed by atoms with Crippen LogP contribution in [0.4, 0.5) is 5.82 Å². The molecular formula is C19H21N5OS. The van der Waals surface area contributed by atoms with Crippen LogP contribution < -0.4 is 4.90 Å². The van der Waals surface area contributed by atoms with Gasteiger partial charge in [-0.05, 0) is 36.4 Å². The smallest absolute Gasteiger partial charge is 0.227 e. The van der Waals surface area contributed by atoms with Gasteiger partial charge in [0.15, 0.2) is 0 Å². The fraction of sp³-hybridized carbons (Fsp3) is 0.368. The summed E-state index contributed by atoms with van der Waals surface area (Å²) in [5.41, 5.74) is 0.963. The molecule has 3 aromatic heterocycles. The molecule has 3 aromatic rings. The lowest BCUT2D eigenvalue weighted by molar-refractivity contribution is -0.130. The lowest BCUT2D eigenvalue weighted by Gasteiger charge is -2.23. The monoisotopic (exact) mass is 367 g/mol. The zero-order valence-electron chi connectivity index (χ0n) is 14.8. The summed E-state index contributed by atoms with van der Waals surface area (Å²) in [5.74, 6) is 1.96. The third kappa shape index (κ3) is 3.53. The number of hydrogen-bond donors (Lipinski definition) is 0. The van der Waals surface area contributed by atoms with E-state index in [1.165, 1.54) is 0 Å². The van der Waals surface area contributed by atoms with Crippen LogP contribution in [0.25, 0.3) is 10.2 Å². The molecule has 1 fully saturated rings. The Morgan fingerprint density at radius 3 is 2.96 bits per heavy atom. The molecule has 26 heavy (non-hydrogen) atoms. The zero-order chi connectivity index (χ0) is 17.9. The summed E-state index contributed by atoms with van der Waals surface area (Å²) < 4.78 is 0. The molecule has 1 aliphatic heterocycles. The van der Waals surface area contributed by atoms with Gasteiger partial charge in [-0.2, -0.15) is 0 Å². The fourth-order valence-corrected chi connectivity index (χ4v) is 4.16. The molecular weight excluding hydrogens is 346 g/mol. The van der Waals surface area contributed by atoms with Gasteiger partial charge in [0.05, 0.1) is 11.8 Å². The Morgan fingerprint density at radius 1 is 1.19 bits per heavy atom. The summed E-state index contributed by atoms with van der Waals surface area (Å²) in [6.45, 7) is 5.13. The normalized spacial score (nSPS) is 15.3. The van der Waals surface area contributed by atoms with Crippen LogP contribution in [-0.4, -0.2) is 51.9 Å². The molecule has 0 radical (unpaired) electrons. The maximum atomic E-state index is 12.6. The van der Waals surface area contributed by atoms with Gasteiger partial charge in [0.2, 0.25) is 5.91 Å². The second kappa shape index (κ2) is 7.37. The van der Waals surface area contributed by atoms with Gasteiger partial charge >= 0.3 is 0 Å². The molecule has 0 atom stereocenters. The Hall–Kier alpha value is -2.54. The number of nitrogens with zero attached hydrogens (tertiary/aromatic N) is 5. The quantitative estimate of drug-likeness (QED) is 0.712. The average molecular weight is 367 g/mol. The zero-order valence-corrected chi connectivity index (χ0v) is 15.6. The summed E-state index contributed by atoms with van der Waals surface area (Å²) in [7, 11) is 0. The molecule has 0 aliphatic carbocycles. The second-order valence-corrected chi connectivity index (χ2v) is 7.39. The second-order valence-electron chi connectivity index (χ2n) is 6.49. The van der Waals surface area contributed by atoms with Gasteiger partial charge in [0, 0.05) is 38.6 Å². The predicted octanol–water partition coefficient (Wildman–Crippen LogP) is 2.68. The highest BCUT2D eigenvalue weighted by molar-refractivity contribution is 7.16. The van der Waals surface area contributed by atoms with E-state index in [1.54, 1.807) is 23.7 Å². The fourth-order valence-electron chi connectivity index (χ4n) is 3.35. The topological polar surface area (TPSA) is 62.2 Å². The van der Waals surface area contributed by atoms with E-state index < -0.39 is 0 Å². The van der Waals surface area contributed by atoms with Crippen LogP contribution in [0.3, 0.4) is 0 Å². The van der Waals surface area contributed by atoms with Crippen molar-refractivity contribution in [2.24, 2.45) is 0 Å². The van der Waals surface area contributed by atoms with Crippen LogP contribution in [0.5, 0.6) is 0 Å². The standard InChI is InChI=1S/C19H21N5OS/c1-14-21-18(16-5-11-26-19(16)22-14)24-8-3-7-23(9-10-24)17(25)12-15-4-2-6-20-13-15/h2,4-6,11,13H,3,7-10,12H2,1H3. The van der Waals surface area contributed by atoms with Crippen LogP contribution in [0, 0.1) is 6.92 Å². The maximum absolute atomic E-state index is 12.6. The first kappa shape index (κ1) is 16.9. The lowest BCUT2D eigenvalue weighted by Crippen LogP contribution is -2.36. The minimum atomic E-state index is 0.166. The van der Waals surface area contributed by atoms with Gasteiger partial charge in [0.25, 0.3) is 0 Å². The van der Waals surface area contributed by atoms with E-state index in [4.69, 9.17) is 0 Å². The Labute approximate surface area is 156 Å². The number of thiophene rings is 1. The molecule has 134 valence electrons. The van der Waals surface area contributed by atoms with Crippen molar-refractivity contribution < 1.29 is 4.79 Å². The van der Waals surface area contributed by atoms with Crippen LogP contribution in [0.2, 0.25) is 0 Å². The molecule has 0 spiro atoms. The number of carbonyl (C=O) groups is 1. The summed E-state index contributed by atoms with van der Waals surface area (Å²) in [6.07, 6.45) is 4.84. The summed E-state index contributed by atoms with van der Waals surface area (Å²) in [6, 6.07) is 5.91. The number of rotatable bonds is 3. The maximum Gasteiger partial charge on any atom is 0.227 e. The molecule has 4 rings (SSSR count). The molecule has 1 aliphatic rings. The summed E-state index contributed by atoms with van der Waals surface area (Å²) >= 11 is 1.64. The van der Waals surface area contributed by atoms with Crippen molar-refractivity contribution in [3.8, 4) is 0 Å². The van der Waals surface area contributed by atoms with Gasteiger partial charge in [-0.1, -0.05) is 6.07 Å². The van der Waals surface area contributed by atoms with Crippen molar-refractivity contribution in [1.29, 1.82) is 0 Å². The number of fused-ring (bicyclic) bond motifs is 1. The van der Waals surface area contributed by atoms with Gasteiger partial charge in [-0.3, -0.25) is 9.78 Å². The molecule has 0 unspecified atom stereocenters. The van der Waals surface area contributed by atoms with Crippen LogP contribution >= 0.6 is 11.3 Å². The Bertz CT molecular complexity index is 911. The highest BCUT2D eigenvalue weighted by Crippen LogP contribution is 2.28. The van der Waals surface area contributed by atoms with Crippen molar-refractivity contribution in [3.05, 3.63) is 47.4 Å². The minimum Gasteiger partial charge on any atom is -0.354 e. The number of pyridine rings is 1. The first-order valence-corrected chi connectivity index (χ1v) is 9.72. The number of hydrogen-bond acceptors (Lipinski definition) is 6. The summed E-state index contributed by atoms with van der Waals surface area (Å²) in [4.78, 5) is 31.2. The molecule has 4 heterocycles. The molecule has 0 N–H and O–H groups in total. The van der Waals surface area contributed by atoms with E-state index in [-0.39, 0.29) is 5.91 Å². The predicted molar refractivity (Wildman–Crippen MR) is 104 cm³/mol. The van der Waals surface area contributed by atoms with Gasteiger partial charge < -0.3 is 9.80 Å². The van der Waals surface area contributed by atoms with Crippen LogP contribution in [-0.2, 0) is 11.2 Å². The van der Waals surface area contributed by atoms with E-state index >= 15 is 0 Å². The summed E-state index contributed by atoms with van der Waals surface area (Å²) in [5, 5.41) is 3.17. The van der Waals surface area contributed by atoms with E-state index in [9.17, 15) is 4.79 Å². The number of carbonyl (C=O) groups excluding carboxylic acids is 1. The SMILES string of the molecule is Cc1nc(N2CCCN(C(=O)Cc3cccnc3)CC2)c2ccsc2n1. The van der Waals surface area contributed by atoms with E-state index in [0.29, 0.717) is 13.0 Å². The molecule has 1 amide bonds. The first-order chi connectivity index (χ1) is 12.7. The van der Waals surface area contributed by atoms with Gasteiger partial charge in [-0.25, -0.2) is 9.97 Å². The molecule has 1 saturated heterocycles. The molecule has 0 bridgehead atoms.